The summed E-state index contributed by atoms with van der Waals surface area (Å²) in [4.78, 5) is 23.9. The standard InChI is InChI=1S/C17H13BrN2O4/c18-12-4-2-11(3-5-12)17(22)20-13(16(19)21)7-10-1-6-14-15(8-10)24-9-23-14/h1-8H,9H2,(H2,19,21)(H,20,22). The molecule has 6 nitrogen and oxygen atoms in total. The first-order chi connectivity index (χ1) is 11.5. The molecule has 0 aliphatic carbocycles. The number of ether oxygens (including phenoxy) is 2. The van der Waals surface area contributed by atoms with Crippen molar-refractivity contribution in [2.24, 2.45) is 5.73 Å². The Morgan fingerprint density at radius 1 is 1.08 bits per heavy atom. The predicted octanol–water partition coefficient (Wildman–Crippen LogP) is 2.43. The van der Waals surface area contributed by atoms with E-state index in [9.17, 15) is 9.59 Å². The maximum absolute atomic E-state index is 12.2. The van der Waals surface area contributed by atoms with Crippen molar-refractivity contribution in [1.29, 1.82) is 0 Å². The molecular weight excluding hydrogens is 376 g/mol. The van der Waals surface area contributed by atoms with Gasteiger partial charge >= 0.3 is 0 Å². The monoisotopic (exact) mass is 388 g/mol. The molecule has 1 aliphatic rings. The van der Waals surface area contributed by atoms with E-state index >= 15 is 0 Å². The lowest BCUT2D eigenvalue weighted by atomic mass is 10.1. The van der Waals surface area contributed by atoms with Gasteiger partial charge in [-0.25, -0.2) is 0 Å². The first-order valence-electron chi connectivity index (χ1n) is 7.01. The lowest BCUT2D eigenvalue weighted by Gasteiger charge is -2.07. The molecule has 24 heavy (non-hydrogen) atoms. The molecule has 0 fully saturated rings. The molecule has 0 spiro atoms. The minimum absolute atomic E-state index is 0.0122. The SMILES string of the molecule is NC(=O)C(=Cc1ccc2c(c1)OCO2)NC(=O)c1ccc(Br)cc1. The highest BCUT2D eigenvalue weighted by Crippen LogP contribution is 2.33. The van der Waals surface area contributed by atoms with E-state index in [-0.39, 0.29) is 12.5 Å². The van der Waals surface area contributed by atoms with Crippen LogP contribution >= 0.6 is 15.9 Å². The summed E-state index contributed by atoms with van der Waals surface area (Å²) in [6.45, 7) is 0.158. The van der Waals surface area contributed by atoms with Gasteiger partial charge in [0.2, 0.25) is 6.79 Å². The zero-order chi connectivity index (χ0) is 17.1. The second-order valence-electron chi connectivity index (χ2n) is 5.00. The lowest BCUT2D eigenvalue weighted by Crippen LogP contribution is -2.31. The van der Waals surface area contributed by atoms with Crippen LogP contribution in [0.1, 0.15) is 15.9 Å². The van der Waals surface area contributed by atoms with E-state index in [1.807, 2.05) is 0 Å². The van der Waals surface area contributed by atoms with Crippen LogP contribution in [0.3, 0.4) is 0 Å². The van der Waals surface area contributed by atoms with Crippen LogP contribution in [0.25, 0.3) is 6.08 Å². The molecule has 1 heterocycles. The van der Waals surface area contributed by atoms with E-state index in [4.69, 9.17) is 15.2 Å². The van der Waals surface area contributed by atoms with Gasteiger partial charge in [0, 0.05) is 10.0 Å². The van der Waals surface area contributed by atoms with Crippen molar-refractivity contribution in [3.8, 4) is 11.5 Å². The molecule has 3 N–H and O–H groups in total. The van der Waals surface area contributed by atoms with Gasteiger partial charge < -0.3 is 20.5 Å². The average molecular weight is 389 g/mol. The van der Waals surface area contributed by atoms with E-state index in [2.05, 4.69) is 21.2 Å². The molecule has 1 aliphatic heterocycles. The van der Waals surface area contributed by atoms with Crippen LogP contribution in [0, 0.1) is 0 Å². The van der Waals surface area contributed by atoms with Crippen molar-refractivity contribution >= 4 is 33.8 Å². The summed E-state index contributed by atoms with van der Waals surface area (Å²) in [6.07, 6.45) is 1.49. The van der Waals surface area contributed by atoms with Crippen LogP contribution in [0.4, 0.5) is 0 Å². The summed E-state index contributed by atoms with van der Waals surface area (Å²) in [5.74, 6) is 0.0462. The number of carbonyl (C=O) groups excluding carboxylic acids is 2. The largest absolute Gasteiger partial charge is 0.454 e. The molecule has 0 saturated carbocycles. The average Bonchev–Trinajstić information content (AvgIpc) is 3.02. The highest BCUT2D eigenvalue weighted by molar-refractivity contribution is 9.10. The number of rotatable bonds is 4. The Hall–Kier alpha value is -2.80. The van der Waals surface area contributed by atoms with Gasteiger partial charge in [0.1, 0.15) is 5.70 Å². The van der Waals surface area contributed by atoms with Crippen LogP contribution in [-0.4, -0.2) is 18.6 Å². The smallest absolute Gasteiger partial charge is 0.265 e. The Kier molecular flexibility index (Phi) is 4.52. The predicted molar refractivity (Wildman–Crippen MR) is 91.3 cm³/mol. The van der Waals surface area contributed by atoms with Gasteiger partial charge in [-0.15, -0.1) is 0 Å². The summed E-state index contributed by atoms with van der Waals surface area (Å²) in [5, 5.41) is 2.53. The van der Waals surface area contributed by atoms with Crippen molar-refractivity contribution in [2.45, 2.75) is 0 Å². The minimum atomic E-state index is -0.738. The van der Waals surface area contributed by atoms with Gasteiger partial charge in [-0.1, -0.05) is 22.0 Å². The molecule has 122 valence electrons. The van der Waals surface area contributed by atoms with E-state index in [0.717, 1.165) is 4.47 Å². The third-order valence-corrected chi connectivity index (χ3v) is 3.86. The fraction of sp³-hybridized carbons (Fsp3) is 0.0588. The Morgan fingerprint density at radius 2 is 1.79 bits per heavy atom. The quantitative estimate of drug-likeness (QED) is 0.786. The molecule has 0 radical (unpaired) electrons. The molecule has 0 bridgehead atoms. The van der Waals surface area contributed by atoms with Crippen molar-refractivity contribution in [2.75, 3.05) is 6.79 Å². The summed E-state index contributed by atoms with van der Waals surface area (Å²) < 4.78 is 11.4. The third kappa shape index (κ3) is 3.57. The fourth-order valence-corrected chi connectivity index (χ4v) is 2.40. The number of hydrogen-bond acceptors (Lipinski definition) is 4. The number of carbonyl (C=O) groups is 2. The number of primary amides is 1. The number of halogens is 1. The molecule has 0 aromatic heterocycles. The number of fused-ring (bicyclic) bond motifs is 1. The number of nitrogens with one attached hydrogen (secondary N) is 1. The normalized spacial score (nSPS) is 12.8. The Morgan fingerprint density at radius 3 is 2.50 bits per heavy atom. The van der Waals surface area contributed by atoms with Crippen molar-refractivity contribution < 1.29 is 19.1 Å². The van der Waals surface area contributed by atoms with E-state index in [1.165, 1.54) is 6.08 Å². The Balaban J connectivity index is 1.83. The molecule has 3 rings (SSSR count). The van der Waals surface area contributed by atoms with Crippen molar-refractivity contribution in [3.63, 3.8) is 0 Å². The molecule has 7 heteroatoms. The second-order valence-corrected chi connectivity index (χ2v) is 5.91. The van der Waals surface area contributed by atoms with Gasteiger partial charge in [0.25, 0.3) is 11.8 Å². The molecule has 0 saturated heterocycles. The lowest BCUT2D eigenvalue weighted by molar-refractivity contribution is -0.114. The number of hydrogen-bond donors (Lipinski definition) is 2. The van der Waals surface area contributed by atoms with Crippen LogP contribution in [0.2, 0.25) is 0 Å². The summed E-state index contributed by atoms with van der Waals surface area (Å²) in [5.41, 5.74) is 6.42. The van der Waals surface area contributed by atoms with Crippen LogP contribution in [0.5, 0.6) is 11.5 Å². The molecule has 2 aromatic rings. The van der Waals surface area contributed by atoms with E-state index in [1.54, 1.807) is 42.5 Å². The molecule has 2 amide bonds. The summed E-state index contributed by atoms with van der Waals surface area (Å²) >= 11 is 3.30. The highest BCUT2D eigenvalue weighted by atomic mass is 79.9. The van der Waals surface area contributed by atoms with E-state index < -0.39 is 11.8 Å². The zero-order valence-corrected chi connectivity index (χ0v) is 14.0. The van der Waals surface area contributed by atoms with Gasteiger partial charge in [0.05, 0.1) is 0 Å². The molecule has 0 unspecified atom stereocenters. The van der Waals surface area contributed by atoms with Gasteiger partial charge in [-0.05, 0) is 48.0 Å². The molecule has 2 aromatic carbocycles. The van der Waals surface area contributed by atoms with Crippen molar-refractivity contribution in [1.82, 2.24) is 5.32 Å². The first-order valence-corrected chi connectivity index (χ1v) is 7.80. The Bertz CT molecular complexity index is 831. The number of benzene rings is 2. The highest BCUT2D eigenvalue weighted by Gasteiger charge is 2.15. The molecule has 0 atom stereocenters. The minimum Gasteiger partial charge on any atom is -0.454 e. The maximum atomic E-state index is 12.2. The number of nitrogens with two attached hydrogens (primary N) is 1. The summed E-state index contributed by atoms with van der Waals surface area (Å²) in [7, 11) is 0. The van der Waals surface area contributed by atoms with Crippen molar-refractivity contribution in [3.05, 3.63) is 63.8 Å². The topological polar surface area (TPSA) is 90.7 Å². The maximum Gasteiger partial charge on any atom is 0.265 e. The van der Waals surface area contributed by atoms with Gasteiger partial charge in [0.15, 0.2) is 11.5 Å². The fourth-order valence-electron chi connectivity index (χ4n) is 2.13. The second kappa shape index (κ2) is 6.76. The van der Waals surface area contributed by atoms with Crippen LogP contribution in [-0.2, 0) is 4.79 Å². The number of amides is 2. The summed E-state index contributed by atoms with van der Waals surface area (Å²) in [6, 6.07) is 11.9. The molecular formula is C17H13BrN2O4. The van der Waals surface area contributed by atoms with Crippen LogP contribution < -0.4 is 20.5 Å². The first kappa shape index (κ1) is 16.1. The Labute approximate surface area is 146 Å². The zero-order valence-electron chi connectivity index (χ0n) is 12.4. The van der Waals surface area contributed by atoms with Gasteiger partial charge in [-0.3, -0.25) is 9.59 Å². The van der Waals surface area contributed by atoms with E-state index in [0.29, 0.717) is 22.6 Å². The third-order valence-electron chi connectivity index (χ3n) is 3.33. The van der Waals surface area contributed by atoms with Crippen LogP contribution in [0.15, 0.2) is 52.6 Å². The van der Waals surface area contributed by atoms with Gasteiger partial charge in [-0.2, -0.15) is 0 Å².